The van der Waals surface area contributed by atoms with Crippen LogP contribution in [-0.4, -0.2) is 29.2 Å². The van der Waals surface area contributed by atoms with Crippen molar-refractivity contribution in [1.82, 2.24) is 10.2 Å². The standard InChI is InChI=1S/C18H18ClN5O/c19-14-4-2-1-3-13(14)11-18(12-20)7-9-24(10-8-18)16-6-5-15(17(21)25)22-23-16/h1-6H,7-11H2,(H2,21,25). The Balaban J connectivity index is 1.70. The molecule has 2 aromatic rings. The number of nitriles is 1. The molecular formula is C18H18ClN5O. The first-order chi connectivity index (χ1) is 12.0. The number of primary amides is 1. The number of rotatable bonds is 4. The normalized spacial score (nSPS) is 16.2. The second-order valence-electron chi connectivity index (χ2n) is 6.29. The van der Waals surface area contributed by atoms with Crippen LogP contribution in [0.5, 0.6) is 0 Å². The molecule has 1 saturated heterocycles. The van der Waals surface area contributed by atoms with E-state index < -0.39 is 11.3 Å². The summed E-state index contributed by atoms with van der Waals surface area (Å²) in [4.78, 5) is 13.1. The van der Waals surface area contributed by atoms with Crippen molar-refractivity contribution in [2.45, 2.75) is 19.3 Å². The molecule has 1 fully saturated rings. The van der Waals surface area contributed by atoms with Crippen molar-refractivity contribution < 1.29 is 4.79 Å². The van der Waals surface area contributed by atoms with Gasteiger partial charge in [-0.25, -0.2) is 0 Å². The van der Waals surface area contributed by atoms with E-state index in [-0.39, 0.29) is 5.69 Å². The van der Waals surface area contributed by atoms with Crippen LogP contribution in [0.4, 0.5) is 5.82 Å². The van der Waals surface area contributed by atoms with Gasteiger partial charge in [-0.2, -0.15) is 5.26 Å². The van der Waals surface area contributed by atoms with E-state index in [9.17, 15) is 10.1 Å². The van der Waals surface area contributed by atoms with Crippen molar-refractivity contribution >= 4 is 23.3 Å². The van der Waals surface area contributed by atoms with Crippen molar-refractivity contribution in [3.8, 4) is 6.07 Å². The summed E-state index contributed by atoms with van der Waals surface area (Å²) in [6.45, 7) is 1.39. The summed E-state index contributed by atoms with van der Waals surface area (Å²) in [5.74, 6) is 0.0928. The summed E-state index contributed by atoms with van der Waals surface area (Å²) in [6.07, 6.45) is 2.07. The molecule has 1 aliphatic rings. The van der Waals surface area contributed by atoms with Gasteiger partial charge in [0.2, 0.25) is 0 Å². The highest BCUT2D eigenvalue weighted by molar-refractivity contribution is 6.31. The first-order valence-electron chi connectivity index (χ1n) is 8.06. The van der Waals surface area contributed by atoms with E-state index in [1.807, 2.05) is 24.3 Å². The van der Waals surface area contributed by atoms with E-state index >= 15 is 0 Å². The second-order valence-corrected chi connectivity index (χ2v) is 6.70. The minimum absolute atomic E-state index is 0.144. The van der Waals surface area contributed by atoms with Crippen LogP contribution >= 0.6 is 11.6 Å². The highest BCUT2D eigenvalue weighted by Crippen LogP contribution is 2.37. The zero-order valence-corrected chi connectivity index (χ0v) is 14.4. The molecule has 0 saturated carbocycles. The van der Waals surface area contributed by atoms with E-state index in [0.717, 1.165) is 5.56 Å². The number of nitrogens with zero attached hydrogens (tertiary/aromatic N) is 4. The minimum atomic E-state index is -0.596. The smallest absolute Gasteiger partial charge is 0.269 e. The van der Waals surface area contributed by atoms with Gasteiger partial charge in [0.15, 0.2) is 11.5 Å². The van der Waals surface area contributed by atoms with Crippen LogP contribution < -0.4 is 10.6 Å². The van der Waals surface area contributed by atoms with Gasteiger partial charge in [-0.3, -0.25) is 4.79 Å². The molecule has 2 heterocycles. The fourth-order valence-electron chi connectivity index (χ4n) is 3.12. The van der Waals surface area contributed by atoms with Crippen LogP contribution in [-0.2, 0) is 6.42 Å². The summed E-state index contributed by atoms with van der Waals surface area (Å²) in [5, 5.41) is 18.4. The summed E-state index contributed by atoms with van der Waals surface area (Å²) in [6, 6.07) is 13.5. The molecule has 6 nitrogen and oxygen atoms in total. The Kier molecular flexibility index (Phi) is 4.86. The third kappa shape index (κ3) is 3.72. The van der Waals surface area contributed by atoms with E-state index in [1.54, 1.807) is 12.1 Å². The average Bonchev–Trinajstić information content (AvgIpc) is 2.64. The molecule has 0 radical (unpaired) electrons. The zero-order valence-electron chi connectivity index (χ0n) is 13.7. The molecule has 25 heavy (non-hydrogen) atoms. The number of hydrogen-bond donors (Lipinski definition) is 1. The number of anilines is 1. The number of carbonyl (C=O) groups excluding carboxylic acids is 1. The van der Waals surface area contributed by atoms with Gasteiger partial charge < -0.3 is 10.6 Å². The van der Waals surface area contributed by atoms with E-state index in [2.05, 4.69) is 21.2 Å². The quantitative estimate of drug-likeness (QED) is 0.909. The number of amides is 1. The fourth-order valence-corrected chi connectivity index (χ4v) is 3.33. The number of carbonyl (C=O) groups is 1. The third-order valence-electron chi connectivity index (χ3n) is 4.67. The molecule has 2 N–H and O–H groups in total. The lowest BCUT2D eigenvalue weighted by Crippen LogP contribution is -2.41. The predicted molar refractivity (Wildman–Crippen MR) is 95.2 cm³/mol. The topological polar surface area (TPSA) is 95.9 Å². The van der Waals surface area contributed by atoms with Gasteiger partial charge in [-0.05, 0) is 43.0 Å². The number of aromatic nitrogens is 2. The maximum Gasteiger partial charge on any atom is 0.269 e. The van der Waals surface area contributed by atoms with Gasteiger partial charge in [0.05, 0.1) is 11.5 Å². The highest BCUT2D eigenvalue weighted by Gasteiger charge is 2.35. The Morgan fingerprint density at radius 2 is 1.96 bits per heavy atom. The molecular weight excluding hydrogens is 338 g/mol. The summed E-state index contributed by atoms with van der Waals surface area (Å²) in [7, 11) is 0. The fraction of sp³-hybridized carbons (Fsp3) is 0.333. The van der Waals surface area contributed by atoms with Gasteiger partial charge in [0.1, 0.15) is 0 Å². The van der Waals surface area contributed by atoms with Gasteiger partial charge in [-0.1, -0.05) is 29.8 Å². The lowest BCUT2D eigenvalue weighted by Gasteiger charge is -2.38. The molecule has 1 amide bonds. The Morgan fingerprint density at radius 1 is 1.24 bits per heavy atom. The van der Waals surface area contributed by atoms with Gasteiger partial charge >= 0.3 is 0 Å². The molecule has 0 unspecified atom stereocenters. The molecule has 7 heteroatoms. The van der Waals surface area contributed by atoms with Crippen LogP contribution in [0.3, 0.4) is 0 Å². The Labute approximate surface area is 151 Å². The van der Waals surface area contributed by atoms with Crippen LogP contribution in [0.1, 0.15) is 28.9 Å². The van der Waals surface area contributed by atoms with Gasteiger partial charge in [0.25, 0.3) is 5.91 Å². The molecule has 0 atom stereocenters. The summed E-state index contributed by atoms with van der Waals surface area (Å²) < 4.78 is 0. The molecule has 1 aromatic carbocycles. The van der Waals surface area contributed by atoms with Crippen molar-refractivity contribution in [2.75, 3.05) is 18.0 Å². The monoisotopic (exact) mass is 355 g/mol. The van der Waals surface area contributed by atoms with Crippen LogP contribution in [0, 0.1) is 16.7 Å². The number of benzene rings is 1. The van der Waals surface area contributed by atoms with Crippen LogP contribution in [0.15, 0.2) is 36.4 Å². The van der Waals surface area contributed by atoms with Gasteiger partial charge in [-0.15, -0.1) is 10.2 Å². The molecule has 1 aliphatic heterocycles. The first kappa shape index (κ1) is 17.2. The number of nitrogens with two attached hydrogens (primary N) is 1. The molecule has 0 bridgehead atoms. The predicted octanol–water partition coefficient (Wildman–Crippen LogP) is 2.58. The second kappa shape index (κ2) is 7.08. The van der Waals surface area contributed by atoms with Crippen molar-refractivity contribution in [1.29, 1.82) is 5.26 Å². The van der Waals surface area contributed by atoms with Crippen molar-refractivity contribution in [2.24, 2.45) is 11.1 Å². The van der Waals surface area contributed by atoms with Crippen LogP contribution in [0.25, 0.3) is 0 Å². The maximum atomic E-state index is 11.1. The highest BCUT2D eigenvalue weighted by atomic mass is 35.5. The minimum Gasteiger partial charge on any atom is -0.364 e. The number of halogens is 1. The Morgan fingerprint density at radius 3 is 2.52 bits per heavy atom. The molecule has 0 spiro atoms. The first-order valence-corrected chi connectivity index (χ1v) is 8.44. The van der Waals surface area contributed by atoms with Crippen molar-refractivity contribution in [3.05, 3.63) is 52.7 Å². The van der Waals surface area contributed by atoms with E-state index in [1.165, 1.54) is 0 Å². The Bertz CT molecular complexity index is 807. The molecule has 128 valence electrons. The zero-order chi connectivity index (χ0) is 17.9. The molecule has 3 rings (SSSR count). The van der Waals surface area contributed by atoms with Crippen molar-refractivity contribution in [3.63, 3.8) is 0 Å². The SMILES string of the molecule is N#CC1(Cc2ccccc2Cl)CCN(c2ccc(C(N)=O)nn2)CC1. The largest absolute Gasteiger partial charge is 0.364 e. The van der Waals surface area contributed by atoms with E-state index in [0.29, 0.717) is 43.2 Å². The van der Waals surface area contributed by atoms with Crippen LogP contribution in [0.2, 0.25) is 5.02 Å². The Hall–Kier alpha value is -2.65. The lowest BCUT2D eigenvalue weighted by molar-refractivity contribution is 0.0994. The average molecular weight is 356 g/mol. The molecule has 1 aromatic heterocycles. The van der Waals surface area contributed by atoms with Gasteiger partial charge in [0, 0.05) is 18.1 Å². The van der Waals surface area contributed by atoms with E-state index in [4.69, 9.17) is 17.3 Å². The molecule has 0 aliphatic carbocycles. The lowest BCUT2D eigenvalue weighted by atomic mass is 9.75. The number of hydrogen-bond acceptors (Lipinski definition) is 5. The third-order valence-corrected chi connectivity index (χ3v) is 5.04. The summed E-state index contributed by atoms with van der Waals surface area (Å²) >= 11 is 6.25. The summed E-state index contributed by atoms with van der Waals surface area (Å²) in [5.41, 5.74) is 5.90. The maximum absolute atomic E-state index is 11.1. The number of piperidine rings is 1.